The van der Waals surface area contributed by atoms with Crippen molar-refractivity contribution in [1.82, 2.24) is 0 Å². The highest BCUT2D eigenvalue weighted by Crippen LogP contribution is 2.40. The van der Waals surface area contributed by atoms with Crippen LogP contribution < -0.4 is 0 Å². The zero-order chi connectivity index (χ0) is 9.09. The van der Waals surface area contributed by atoms with Gasteiger partial charge in [-0.2, -0.15) is 0 Å². The number of hydrogen-bond acceptors (Lipinski definition) is 3. The van der Waals surface area contributed by atoms with Gasteiger partial charge in [-0.15, -0.1) is 0 Å². The molecule has 4 heteroatoms. The smallest absolute Gasteiger partial charge is 0.192 e. The molecule has 0 saturated heterocycles. The van der Waals surface area contributed by atoms with Crippen molar-refractivity contribution >= 4 is 15.6 Å². The summed E-state index contributed by atoms with van der Waals surface area (Å²) in [5, 5.41) is -0.896. The lowest BCUT2D eigenvalue weighted by Gasteiger charge is -1.99. The van der Waals surface area contributed by atoms with Crippen LogP contribution in [0, 0.1) is 0 Å². The number of rotatable bonds is 0. The Hall–Kier alpha value is -0.900. The Bertz CT molecular complexity index is 437. The molecule has 0 aliphatic carbocycles. The van der Waals surface area contributed by atoms with Gasteiger partial charge in [-0.3, -0.25) is 4.79 Å². The number of fused-ring (bicyclic) bond motifs is 2. The lowest BCUT2D eigenvalue weighted by Crippen LogP contribution is -2.19. The van der Waals surface area contributed by atoms with Crippen LogP contribution in [0.2, 0.25) is 0 Å². The Morgan fingerprint density at radius 1 is 1.33 bits per heavy atom. The number of sulfone groups is 1. The molecule has 2 heterocycles. The molecule has 0 N–H and O–H groups in total. The summed E-state index contributed by atoms with van der Waals surface area (Å²) in [6, 6.07) is 0. The van der Waals surface area contributed by atoms with Crippen molar-refractivity contribution < 1.29 is 13.2 Å². The van der Waals surface area contributed by atoms with E-state index in [4.69, 9.17) is 0 Å². The van der Waals surface area contributed by atoms with Crippen LogP contribution in [0.5, 0.6) is 0 Å². The molecule has 0 aromatic heterocycles. The van der Waals surface area contributed by atoms with E-state index in [9.17, 15) is 13.2 Å². The van der Waals surface area contributed by atoms with Crippen LogP contribution in [-0.2, 0) is 14.6 Å². The summed E-state index contributed by atoms with van der Waals surface area (Å²) in [5.74, 6) is -0.254. The largest absolute Gasteiger partial charge is 0.293 e. The first-order valence-electron chi connectivity index (χ1n) is 3.64. The number of carbonyl (C=O) groups excluding carboxylic acids is 1. The van der Waals surface area contributed by atoms with Crippen LogP contribution in [0.15, 0.2) is 22.1 Å². The minimum Gasteiger partial charge on any atom is -0.293 e. The third-order valence-corrected chi connectivity index (χ3v) is 4.56. The van der Waals surface area contributed by atoms with Crippen molar-refractivity contribution in [2.75, 3.05) is 0 Å². The number of Topliss-reactive ketones (excluding diaryl/α,β-unsaturated/α-hetero) is 1. The Kier molecular flexibility index (Phi) is 1.21. The van der Waals surface area contributed by atoms with Gasteiger partial charge in [0.2, 0.25) is 0 Å². The molecule has 2 rings (SSSR count). The first-order valence-corrected chi connectivity index (χ1v) is 5.18. The molecule has 0 saturated carbocycles. The number of allylic oxidation sites excluding steroid dienone is 2. The van der Waals surface area contributed by atoms with Gasteiger partial charge in [0.1, 0.15) is 5.25 Å². The maximum atomic E-state index is 11.5. The highest BCUT2D eigenvalue weighted by molar-refractivity contribution is 7.98. The number of ketones is 1. The molecule has 0 fully saturated rings. The maximum absolute atomic E-state index is 11.5. The minimum absolute atomic E-state index is 0.254. The molecule has 0 radical (unpaired) electrons. The molecular weight excluding hydrogens is 176 g/mol. The van der Waals surface area contributed by atoms with Crippen molar-refractivity contribution in [3.05, 3.63) is 22.1 Å². The van der Waals surface area contributed by atoms with Gasteiger partial charge in [-0.25, -0.2) is 8.42 Å². The summed E-state index contributed by atoms with van der Waals surface area (Å²) >= 11 is 0. The third-order valence-electron chi connectivity index (χ3n) is 2.35. The predicted molar refractivity (Wildman–Crippen MR) is 44.2 cm³/mol. The maximum Gasteiger partial charge on any atom is 0.192 e. The highest BCUT2D eigenvalue weighted by atomic mass is 32.2. The second-order valence-electron chi connectivity index (χ2n) is 3.13. The van der Waals surface area contributed by atoms with Crippen molar-refractivity contribution in [3.8, 4) is 0 Å². The molecule has 64 valence electrons. The monoisotopic (exact) mass is 184 g/mol. The molecule has 0 amide bonds. The summed E-state index contributed by atoms with van der Waals surface area (Å²) in [6.45, 7) is 3.30. The van der Waals surface area contributed by atoms with E-state index < -0.39 is 15.1 Å². The van der Waals surface area contributed by atoms with Crippen LogP contribution in [0.3, 0.4) is 0 Å². The normalized spacial score (nSPS) is 31.3. The second-order valence-corrected chi connectivity index (χ2v) is 5.14. The SMILES string of the molecule is CC1=CC2C(=O)C(C)=C1S2(=O)=O. The first kappa shape index (κ1) is 7.73. The predicted octanol–water partition coefficient (Wildman–Crippen LogP) is 0.586. The topological polar surface area (TPSA) is 51.2 Å². The quantitative estimate of drug-likeness (QED) is 0.553. The van der Waals surface area contributed by atoms with E-state index >= 15 is 0 Å². The fourth-order valence-electron chi connectivity index (χ4n) is 1.79. The zero-order valence-corrected chi connectivity index (χ0v) is 7.60. The summed E-state index contributed by atoms with van der Waals surface area (Å²) in [6.07, 6.45) is 1.53. The van der Waals surface area contributed by atoms with E-state index in [1.807, 2.05) is 0 Å². The van der Waals surface area contributed by atoms with E-state index in [1.54, 1.807) is 13.8 Å². The van der Waals surface area contributed by atoms with Crippen LogP contribution in [-0.4, -0.2) is 19.5 Å². The molecular formula is C8H8O3S. The van der Waals surface area contributed by atoms with Crippen molar-refractivity contribution in [3.63, 3.8) is 0 Å². The number of carbonyl (C=O) groups is 1. The summed E-state index contributed by atoms with van der Waals surface area (Å²) < 4.78 is 22.9. The molecule has 1 unspecified atom stereocenters. The minimum atomic E-state index is -3.30. The van der Waals surface area contributed by atoms with Gasteiger partial charge in [0.25, 0.3) is 0 Å². The molecule has 3 nitrogen and oxygen atoms in total. The van der Waals surface area contributed by atoms with Gasteiger partial charge in [-0.05, 0) is 19.4 Å². The highest BCUT2D eigenvalue weighted by Gasteiger charge is 2.48. The van der Waals surface area contributed by atoms with Crippen molar-refractivity contribution in [1.29, 1.82) is 0 Å². The molecule has 0 spiro atoms. The average Bonchev–Trinajstić information content (AvgIpc) is 2.25. The van der Waals surface area contributed by atoms with Crippen LogP contribution >= 0.6 is 0 Å². The zero-order valence-electron chi connectivity index (χ0n) is 6.79. The lowest BCUT2D eigenvalue weighted by molar-refractivity contribution is -0.114. The van der Waals surface area contributed by atoms with E-state index in [0.717, 1.165) is 5.57 Å². The standard InChI is InChI=1S/C8H8O3S/c1-4-3-6-7(9)5(2)8(4)12(6,10)11/h3,6H,1-2H3. The Labute approximate surface area is 70.7 Å². The van der Waals surface area contributed by atoms with Crippen molar-refractivity contribution in [2.45, 2.75) is 19.1 Å². The van der Waals surface area contributed by atoms with Gasteiger partial charge in [0.05, 0.1) is 4.91 Å². The third kappa shape index (κ3) is 0.617. The second kappa shape index (κ2) is 1.88. The first-order chi connectivity index (χ1) is 5.46. The summed E-state index contributed by atoms with van der Waals surface area (Å²) in [7, 11) is -3.30. The fourth-order valence-corrected chi connectivity index (χ4v) is 3.93. The summed E-state index contributed by atoms with van der Waals surface area (Å²) in [4.78, 5) is 11.5. The average molecular weight is 184 g/mol. The molecule has 2 aliphatic rings. The van der Waals surface area contributed by atoms with Gasteiger partial charge in [0, 0.05) is 5.57 Å². The van der Waals surface area contributed by atoms with Crippen LogP contribution in [0.1, 0.15) is 13.8 Å². The van der Waals surface area contributed by atoms with Gasteiger partial charge < -0.3 is 0 Å². The Balaban J connectivity index is 2.83. The molecule has 0 aromatic carbocycles. The van der Waals surface area contributed by atoms with Gasteiger partial charge in [-0.1, -0.05) is 6.08 Å². The van der Waals surface area contributed by atoms with Gasteiger partial charge >= 0.3 is 0 Å². The number of hydrogen-bond donors (Lipinski definition) is 0. The molecule has 1 atom stereocenters. The van der Waals surface area contributed by atoms with E-state index in [1.165, 1.54) is 6.08 Å². The Morgan fingerprint density at radius 2 is 1.92 bits per heavy atom. The van der Waals surface area contributed by atoms with Gasteiger partial charge in [0.15, 0.2) is 15.6 Å². The molecule has 2 bridgehead atoms. The van der Waals surface area contributed by atoms with E-state index in [2.05, 4.69) is 0 Å². The fraction of sp³-hybridized carbons (Fsp3) is 0.375. The molecule has 0 aromatic rings. The molecule has 2 aliphatic heterocycles. The van der Waals surface area contributed by atoms with Crippen LogP contribution in [0.25, 0.3) is 0 Å². The van der Waals surface area contributed by atoms with E-state index in [-0.39, 0.29) is 10.7 Å². The summed E-state index contributed by atoms with van der Waals surface area (Å²) in [5.41, 5.74) is 1.12. The van der Waals surface area contributed by atoms with E-state index in [0.29, 0.717) is 5.57 Å². The molecule has 12 heavy (non-hydrogen) atoms. The van der Waals surface area contributed by atoms with Crippen LogP contribution in [0.4, 0.5) is 0 Å². The lowest BCUT2D eigenvalue weighted by atomic mass is 10.0. The Morgan fingerprint density at radius 3 is 2.25 bits per heavy atom. The van der Waals surface area contributed by atoms with Crippen molar-refractivity contribution in [2.24, 2.45) is 0 Å².